The zero-order valence-corrected chi connectivity index (χ0v) is 11.0. The van der Waals surface area contributed by atoms with Gasteiger partial charge in [0.05, 0.1) is 0 Å². The molecule has 4 nitrogen and oxygen atoms in total. The fourth-order valence-electron chi connectivity index (χ4n) is 2.68. The monoisotopic (exact) mass is 257 g/mol. The van der Waals surface area contributed by atoms with E-state index in [0.29, 0.717) is 5.88 Å². The Morgan fingerprint density at radius 1 is 1.16 bits per heavy atom. The Kier molecular flexibility index (Phi) is 3.51. The van der Waals surface area contributed by atoms with Crippen LogP contribution in [-0.2, 0) is 6.54 Å². The highest BCUT2D eigenvalue weighted by molar-refractivity contribution is 5.65. The molecule has 2 heterocycles. The number of nitrogens with two attached hydrogens (primary N) is 1. The van der Waals surface area contributed by atoms with Crippen LogP contribution in [0, 0.1) is 0 Å². The molecule has 19 heavy (non-hydrogen) atoms. The standard InChI is InChI=1S/C15H19N3O/c16-15-10-14(17-19-15)13-7-3-2-6-12(13)11-18-8-4-1-5-9-18/h2-3,6-7,10H,1,4-5,8-9,11,16H2. The van der Waals surface area contributed by atoms with Crippen molar-refractivity contribution in [3.63, 3.8) is 0 Å². The normalized spacial score (nSPS) is 16.6. The minimum Gasteiger partial charge on any atom is -0.368 e. The van der Waals surface area contributed by atoms with Gasteiger partial charge in [-0.2, -0.15) is 0 Å². The third kappa shape index (κ3) is 2.79. The van der Waals surface area contributed by atoms with Gasteiger partial charge in [0, 0.05) is 18.2 Å². The maximum Gasteiger partial charge on any atom is 0.222 e. The van der Waals surface area contributed by atoms with E-state index in [0.717, 1.165) is 17.8 Å². The molecule has 1 aliphatic rings. The minimum atomic E-state index is 0.364. The SMILES string of the molecule is Nc1cc(-c2ccccc2CN2CCCCC2)no1. The van der Waals surface area contributed by atoms with Gasteiger partial charge in [-0.1, -0.05) is 35.8 Å². The van der Waals surface area contributed by atoms with E-state index in [-0.39, 0.29) is 0 Å². The van der Waals surface area contributed by atoms with Crippen molar-refractivity contribution in [2.75, 3.05) is 18.8 Å². The van der Waals surface area contributed by atoms with Gasteiger partial charge in [-0.15, -0.1) is 0 Å². The van der Waals surface area contributed by atoms with E-state index >= 15 is 0 Å². The smallest absolute Gasteiger partial charge is 0.222 e. The molecule has 0 aliphatic carbocycles. The van der Waals surface area contributed by atoms with Gasteiger partial charge >= 0.3 is 0 Å². The van der Waals surface area contributed by atoms with Crippen molar-refractivity contribution in [3.05, 3.63) is 35.9 Å². The van der Waals surface area contributed by atoms with Crippen molar-refractivity contribution < 1.29 is 4.52 Å². The molecular formula is C15H19N3O. The Balaban J connectivity index is 1.84. The molecule has 0 unspecified atom stereocenters. The van der Waals surface area contributed by atoms with Crippen LogP contribution >= 0.6 is 0 Å². The lowest BCUT2D eigenvalue weighted by molar-refractivity contribution is 0.221. The Morgan fingerprint density at radius 3 is 2.68 bits per heavy atom. The van der Waals surface area contributed by atoms with Gasteiger partial charge in [0.25, 0.3) is 0 Å². The first kappa shape index (κ1) is 12.2. The topological polar surface area (TPSA) is 55.3 Å². The maximum atomic E-state index is 5.61. The lowest BCUT2D eigenvalue weighted by Crippen LogP contribution is -2.29. The lowest BCUT2D eigenvalue weighted by atomic mass is 10.0. The number of benzene rings is 1. The van der Waals surface area contributed by atoms with Crippen LogP contribution in [0.25, 0.3) is 11.3 Å². The summed E-state index contributed by atoms with van der Waals surface area (Å²) in [5.74, 6) is 0.364. The molecule has 2 aromatic rings. The van der Waals surface area contributed by atoms with Crippen molar-refractivity contribution in [3.8, 4) is 11.3 Å². The van der Waals surface area contributed by atoms with Gasteiger partial charge < -0.3 is 10.3 Å². The molecular weight excluding hydrogens is 238 g/mol. The number of rotatable bonds is 3. The van der Waals surface area contributed by atoms with E-state index in [2.05, 4.69) is 28.3 Å². The average molecular weight is 257 g/mol. The van der Waals surface area contributed by atoms with Gasteiger partial charge in [-0.3, -0.25) is 4.90 Å². The average Bonchev–Trinajstić information content (AvgIpc) is 2.87. The molecule has 0 amide bonds. The van der Waals surface area contributed by atoms with E-state index < -0.39 is 0 Å². The van der Waals surface area contributed by atoms with E-state index in [1.165, 1.54) is 37.9 Å². The van der Waals surface area contributed by atoms with Crippen molar-refractivity contribution in [1.82, 2.24) is 10.1 Å². The number of nitrogen functional groups attached to an aromatic ring is 1. The third-order valence-electron chi connectivity index (χ3n) is 3.66. The summed E-state index contributed by atoms with van der Waals surface area (Å²) in [6.45, 7) is 3.35. The van der Waals surface area contributed by atoms with Gasteiger partial charge in [0.2, 0.25) is 5.88 Å². The van der Waals surface area contributed by atoms with Crippen LogP contribution in [0.1, 0.15) is 24.8 Å². The highest BCUT2D eigenvalue weighted by Crippen LogP contribution is 2.26. The second-order valence-corrected chi connectivity index (χ2v) is 5.11. The molecule has 4 heteroatoms. The fraction of sp³-hybridized carbons (Fsp3) is 0.400. The summed E-state index contributed by atoms with van der Waals surface area (Å²) < 4.78 is 4.98. The first-order chi connectivity index (χ1) is 9.33. The van der Waals surface area contributed by atoms with Gasteiger partial charge in [-0.05, 0) is 31.5 Å². The Hall–Kier alpha value is -1.81. The van der Waals surface area contributed by atoms with E-state index in [4.69, 9.17) is 10.3 Å². The zero-order valence-electron chi connectivity index (χ0n) is 11.0. The summed E-state index contributed by atoms with van der Waals surface area (Å²) in [5, 5.41) is 4.02. The summed E-state index contributed by atoms with van der Waals surface area (Å²) in [4.78, 5) is 2.51. The fourth-order valence-corrected chi connectivity index (χ4v) is 2.68. The number of nitrogens with zero attached hydrogens (tertiary/aromatic N) is 2. The first-order valence-corrected chi connectivity index (χ1v) is 6.86. The number of aromatic nitrogens is 1. The maximum absolute atomic E-state index is 5.61. The number of hydrogen-bond acceptors (Lipinski definition) is 4. The summed E-state index contributed by atoms with van der Waals surface area (Å²) in [6.07, 6.45) is 3.97. The lowest BCUT2D eigenvalue weighted by Gasteiger charge is -2.27. The second-order valence-electron chi connectivity index (χ2n) is 5.11. The highest BCUT2D eigenvalue weighted by Gasteiger charge is 2.14. The van der Waals surface area contributed by atoms with Crippen LogP contribution in [0.3, 0.4) is 0 Å². The van der Waals surface area contributed by atoms with Crippen LogP contribution in [-0.4, -0.2) is 23.1 Å². The number of anilines is 1. The summed E-state index contributed by atoms with van der Waals surface area (Å²) in [5.41, 5.74) is 8.84. The van der Waals surface area contributed by atoms with Crippen molar-refractivity contribution in [1.29, 1.82) is 0 Å². The molecule has 100 valence electrons. The predicted molar refractivity (Wildman–Crippen MR) is 75.5 cm³/mol. The molecule has 0 atom stereocenters. The molecule has 0 spiro atoms. The van der Waals surface area contributed by atoms with Gasteiger partial charge in [0.15, 0.2) is 0 Å². The van der Waals surface area contributed by atoms with Crippen LogP contribution < -0.4 is 5.73 Å². The van der Waals surface area contributed by atoms with Crippen LogP contribution in [0.15, 0.2) is 34.9 Å². The molecule has 0 bridgehead atoms. The van der Waals surface area contributed by atoms with Crippen LogP contribution in [0.4, 0.5) is 5.88 Å². The largest absolute Gasteiger partial charge is 0.368 e. The highest BCUT2D eigenvalue weighted by atomic mass is 16.5. The molecule has 1 aromatic carbocycles. The molecule has 1 aromatic heterocycles. The summed E-state index contributed by atoms with van der Waals surface area (Å²) in [6, 6.07) is 10.1. The van der Waals surface area contributed by atoms with Crippen LogP contribution in [0.2, 0.25) is 0 Å². The molecule has 0 radical (unpaired) electrons. The minimum absolute atomic E-state index is 0.364. The third-order valence-corrected chi connectivity index (χ3v) is 3.66. The van der Waals surface area contributed by atoms with Gasteiger partial charge in [-0.25, -0.2) is 0 Å². The van der Waals surface area contributed by atoms with Crippen LogP contribution in [0.5, 0.6) is 0 Å². The summed E-state index contributed by atoms with van der Waals surface area (Å²) in [7, 11) is 0. The molecule has 1 saturated heterocycles. The van der Waals surface area contributed by atoms with Crippen molar-refractivity contribution in [2.45, 2.75) is 25.8 Å². The predicted octanol–water partition coefficient (Wildman–Crippen LogP) is 2.91. The molecule has 3 rings (SSSR count). The first-order valence-electron chi connectivity index (χ1n) is 6.86. The zero-order chi connectivity index (χ0) is 13.1. The van der Waals surface area contributed by atoms with Gasteiger partial charge in [0.1, 0.15) is 5.69 Å². The van der Waals surface area contributed by atoms with E-state index in [1.54, 1.807) is 6.07 Å². The molecule has 2 N–H and O–H groups in total. The van der Waals surface area contributed by atoms with Crippen molar-refractivity contribution in [2.24, 2.45) is 0 Å². The number of piperidine rings is 1. The Morgan fingerprint density at radius 2 is 1.95 bits per heavy atom. The summed E-state index contributed by atoms with van der Waals surface area (Å²) >= 11 is 0. The second kappa shape index (κ2) is 5.45. The van der Waals surface area contributed by atoms with Crippen molar-refractivity contribution >= 4 is 5.88 Å². The Bertz CT molecular complexity index is 544. The molecule has 1 aliphatic heterocycles. The Labute approximate surface area is 113 Å². The number of likely N-dealkylation sites (tertiary alicyclic amines) is 1. The van der Waals surface area contributed by atoms with E-state index in [9.17, 15) is 0 Å². The van der Waals surface area contributed by atoms with E-state index in [1.807, 2.05) is 6.07 Å². The quantitative estimate of drug-likeness (QED) is 0.918. The number of hydrogen-bond donors (Lipinski definition) is 1. The molecule has 0 saturated carbocycles. The molecule has 1 fully saturated rings.